The van der Waals surface area contributed by atoms with Gasteiger partial charge in [0, 0.05) is 28.1 Å². The number of carbonyl (C=O) groups excluding carboxylic acids is 1. The summed E-state index contributed by atoms with van der Waals surface area (Å²) in [6, 6.07) is 14.0. The zero-order valence-electron chi connectivity index (χ0n) is 10.8. The van der Waals surface area contributed by atoms with E-state index in [4.69, 9.17) is 0 Å². The molecule has 20 heavy (non-hydrogen) atoms. The van der Waals surface area contributed by atoms with E-state index in [1.54, 1.807) is 11.3 Å². The standard InChI is InChI=1S/C17H13NOS/c19-16(13-5-4-11-6-8-18-15(11)10-13)14-3-1-2-12-7-9-20-17(12)14/h1-5,7,9-10,18H,6,8H2. The summed E-state index contributed by atoms with van der Waals surface area (Å²) in [5.41, 5.74) is 3.97. The van der Waals surface area contributed by atoms with Crippen LogP contribution in [0.5, 0.6) is 0 Å². The van der Waals surface area contributed by atoms with Crippen LogP contribution in [0.2, 0.25) is 0 Å². The van der Waals surface area contributed by atoms with Gasteiger partial charge < -0.3 is 5.32 Å². The summed E-state index contributed by atoms with van der Waals surface area (Å²) in [7, 11) is 0. The minimum Gasteiger partial charge on any atom is -0.384 e. The maximum atomic E-state index is 12.7. The highest BCUT2D eigenvalue weighted by molar-refractivity contribution is 7.17. The number of rotatable bonds is 2. The third-order valence-electron chi connectivity index (χ3n) is 3.81. The summed E-state index contributed by atoms with van der Waals surface area (Å²) >= 11 is 1.63. The van der Waals surface area contributed by atoms with Crippen LogP contribution in [0.15, 0.2) is 47.8 Å². The molecule has 0 unspecified atom stereocenters. The molecule has 3 aromatic rings. The van der Waals surface area contributed by atoms with E-state index >= 15 is 0 Å². The Morgan fingerprint density at radius 3 is 3.05 bits per heavy atom. The number of carbonyl (C=O) groups is 1. The quantitative estimate of drug-likeness (QED) is 0.716. The molecule has 4 rings (SSSR count). The normalized spacial score (nSPS) is 13.2. The molecule has 0 amide bonds. The van der Waals surface area contributed by atoms with Crippen molar-refractivity contribution in [3.05, 3.63) is 64.5 Å². The fourth-order valence-corrected chi connectivity index (χ4v) is 3.67. The smallest absolute Gasteiger partial charge is 0.194 e. The maximum absolute atomic E-state index is 12.7. The first kappa shape index (κ1) is 11.7. The van der Waals surface area contributed by atoms with Crippen molar-refractivity contribution in [3.8, 4) is 0 Å². The van der Waals surface area contributed by atoms with Gasteiger partial charge >= 0.3 is 0 Å². The zero-order valence-corrected chi connectivity index (χ0v) is 11.7. The lowest BCUT2D eigenvalue weighted by molar-refractivity contribution is 0.104. The molecule has 0 atom stereocenters. The number of ketones is 1. The molecule has 1 N–H and O–H groups in total. The highest BCUT2D eigenvalue weighted by Crippen LogP contribution is 2.29. The van der Waals surface area contributed by atoms with E-state index in [1.807, 2.05) is 35.7 Å². The van der Waals surface area contributed by atoms with Gasteiger partial charge in [-0.05, 0) is 40.9 Å². The molecule has 0 aliphatic carbocycles. The molecule has 1 aliphatic heterocycles. The predicted molar refractivity (Wildman–Crippen MR) is 83.9 cm³/mol. The van der Waals surface area contributed by atoms with Crippen molar-refractivity contribution in [3.63, 3.8) is 0 Å². The van der Waals surface area contributed by atoms with Gasteiger partial charge in [-0.3, -0.25) is 4.79 Å². The van der Waals surface area contributed by atoms with Gasteiger partial charge in [0.25, 0.3) is 0 Å². The van der Waals surface area contributed by atoms with E-state index in [2.05, 4.69) is 17.4 Å². The third kappa shape index (κ3) is 1.74. The maximum Gasteiger partial charge on any atom is 0.194 e. The van der Waals surface area contributed by atoms with Gasteiger partial charge in [0.1, 0.15) is 0 Å². The molecule has 2 aromatic carbocycles. The lowest BCUT2D eigenvalue weighted by atomic mass is 10.00. The summed E-state index contributed by atoms with van der Waals surface area (Å²) in [6.07, 6.45) is 1.05. The van der Waals surface area contributed by atoms with Crippen LogP contribution >= 0.6 is 11.3 Å². The minimum atomic E-state index is 0.106. The molecular formula is C17H13NOS. The van der Waals surface area contributed by atoms with Crippen LogP contribution < -0.4 is 5.32 Å². The number of nitrogens with one attached hydrogen (secondary N) is 1. The van der Waals surface area contributed by atoms with E-state index in [0.29, 0.717) is 0 Å². The summed E-state index contributed by atoms with van der Waals surface area (Å²) in [5.74, 6) is 0.106. The lowest BCUT2D eigenvalue weighted by Gasteiger charge is -2.06. The van der Waals surface area contributed by atoms with E-state index in [1.165, 1.54) is 5.56 Å². The van der Waals surface area contributed by atoms with Gasteiger partial charge in [-0.25, -0.2) is 0 Å². The van der Waals surface area contributed by atoms with Crippen LogP contribution in [0.3, 0.4) is 0 Å². The van der Waals surface area contributed by atoms with Crippen LogP contribution in [0.1, 0.15) is 21.5 Å². The highest BCUT2D eigenvalue weighted by atomic mass is 32.1. The fourth-order valence-electron chi connectivity index (χ4n) is 2.76. The zero-order chi connectivity index (χ0) is 13.5. The van der Waals surface area contributed by atoms with Gasteiger partial charge in [-0.2, -0.15) is 0 Å². The largest absolute Gasteiger partial charge is 0.384 e. The molecule has 0 saturated carbocycles. The lowest BCUT2D eigenvalue weighted by Crippen LogP contribution is -2.02. The summed E-state index contributed by atoms with van der Waals surface area (Å²) < 4.78 is 1.07. The Morgan fingerprint density at radius 2 is 2.10 bits per heavy atom. The summed E-state index contributed by atoms with van der Waals surface area (Å²) in [4.78, 5) is 12.7. The second kappa shape index (κ2) is 4.46. The SMILES string of the molecule is O=C(c1ccc2c(c1)NCC2)c1cccc2ccsc12. The van der Waals surface area contributed by atoms with Crippen molar-refractivity contribution < 1.29 is 4.79 Å². The number of fused-ring (bicyclic) bond motifs is 2. The van der Waals surface area contributed by atoms with Crippen molar-refractivity contribution in [2.45, 2.75) is 6.42 Å². The van der Waals surface area contributed by atoms with Gasteiger partial charge in [0.15, 0.2) is 5.78 Å². The van der Waals surface area contributed by atoms with Crippen molar-refractivity contribution in [1.82, 2.24) is 0 Å². The van der Waals surface area contributed by atoms with Crippen molar-refractivity contribution in [2.24, 2.45) is 0 Å². The average molecular weight is 279 g/mol. The Bertz CT molecular complexity index is 819. The van der Waals surface area contributed by atoms with Crippen LogP contribution in [0.25, 0.3) is 10.1 Å². The number of thiophene rings is 1. The van der Waals surface area contributed by atoms with Crippen LogP contribution in [0.4, 0.5) is 5.69 Å². The molecule has 0 saturated heterocycles. The monoisotopic (exact) mass is 279 g/mol. The molecule has 0 spiro atoms. The van der Waals surface area contributed by atoms with E-state index in [0.717, 1.165) is 39.9 Å². The Hall–Kier alpha value is -2.13. The Balaban J connectivity index is 1.82. The third-order valence-corrected chi connectivity index (χ3v) is 4.77. The van der Waals surface area contributed by atoms with E-state index < -0.39 is 0 Å². The molecule has 3 heteroatoms. The molecule has 0 bridgehead atoms. The molecule has 0 radical (unpaired) electrons. The highest BCUT2D eigenvalue weighted by Gasteiger charge is 2.16. The van der Waals surface area contributed by atoms with Crippen molar-refractivity contribution >= 4 is 32.9 Å². The number of hydrogen-bond donors (Lipinski definition) is 1. The fraction of sp³-hybridized carbons (Fsp3) is 0.118. The first-order valence-electron chi connectivity index (χ1n) is 6.71. The Kier molecular flexibility index (Phi) is 2.60. The van der Waals surface area contributed by atoms with E-state index in [9.17, 15) is 4.79 Å². The average Bonchev–Trinajstić information content (AvgIpc) is 3.13. The molecule has 1 aromatic heterocycles. The van der Waals surface area contributed by atoms with Crippen molar-refractivity contribution in [2.75, 3.05) is 11.9 Å². The van der Waals surface area contributed by atoms with Crippen LogP contribution in [-0.4, -0.2) is 12.3 Å². The van der Waals surface area contributed by atoms with Crippen LogP contribution in [0, 0.1) is 0 Å². The summed E-state index contributed by atoms with van der Waals surface area (Å²) in [6.45, 7) is 0.966. The van der Waals surface area contributed by atoms with Crippen LogP contribution in [-0.2, 0) is 6.42 Å². The minimum absolute atomic E-state index is 0.106. The Labute approximate surface area is 121 Å². The van der Waals surface area contributed by atoms with Gasteiger partial charge in [0.2, 0.25) is 0 Å². The topological polar surface area (TPSA) is 29.1 Å². The first-order valence-corrected chi connectivity index (χ1v) is 7.58. The van der Waals surface area contributed by atoms with Gasteiger partial charge in [-0.15, -0.1) is 11.3 Å². The predicted octanol–water partition coefficient (Wildman–Crippen LogP) is 4.10. The Morgan fingerprint density at radius 1 is 1.15 bits per heavy atom. The second-order valence-corrected chi connectivity index (χ2v) is 5.94. The van der Waals surface area contributed by atoms with Crippen molar-refractivity contribution in [1.29, 1.82) is 0 Å². The molecule has 2 heterocycles. The molecule has 2 nitrogen and oxygen atoms in total. The van der Waals surface area contributed by atoms with Gasteiger partial charge in [-0.1, -0.05) is 24.3 Å². The van der Waals surface area contributed by atoms with E-state index in [-0.39, 0.29) is 5.78 Å². The molecular weight excluding hydrogens is 266 g/mol. The number of hydrogen-bond acceptors (Lipinski definition) is 3. The molecule has 0 fully saturated rings. The summed E-state index contributed by atoms with van der Waals surface area (Å²) in [5, 5.41) is 6.50. The van der Waals surface area contributed by atoms with Gasteiger partial charge in [0.05, 0.1) is 0 Å². The second-order valence-electron chi connectivity index (χ2n) is 5.02. The first-order chi connectivity index (χ1) is 9.83. The number of benzene rings is 2. The molecule has 1 aliphatic rings. The number of anilines is 1. The molecule has 98 valence electrons.